The summed E-state index contributed by atoms with van der Waals surface area (Å²) in [5.74, 6) is 0. The fourth-order valence-corrected chi connectivity index (χ4v) is 3.33. The minimum Gasteiger partial charge on any atom is -0.389 e. The van der Waals surface area contributed by atoms with E-state index in [1.807, 2.05) is 0 Å². The molecule has 2 saturated heterocycles. The molecule has 1 saturated carbocycles. The second-order valence-electron chi connectivity index (χ2n) is 6.64. The molecule has 2 aliphatic heterocycles. The van der Waals surface area contributed by atoms with Gasteiger partial charge >= 0.3 is 0 Å². The smallest absolute Gasteiger partial charge is 0.0938 e. The van der Waals surface area contributed by atoms with Crippen LogP contribution in [-0.4, -0.2) is 72.8 Å². The van der Waals surface area contributed by atoms with E-state index in [0.29, 0.717) is 19.1 Å². The predicted octanol–water partition coefficient (Wildman–Crippen LogP) is -0.427. The molecule has 0 bridgehead atoms. The number of likely N-dealkylation sites (tertiary alicyclic amines) is 1. The van der Waals surface area contributed by atoms with E-state index in [2.05, 4.69) is 10.2 Å². The average molecular weight is 270 g/mol. The maximum Gasteiger partial charge on any atom is 0.0938 e. The monoisotopic (exact) mass is 270 g/mol. The molecule has 1 aliphatic carbocycles. The van der Waals surface area contributed by atoms with Crippen molar-refractivity contribution in [2.24, 2.45) is 5.41 Å². The third-order valence-electron chi connectivity index (χ3n) is 4.64. The number of aliphatic hydroxyl groups excluding tert-OH is 2. The van der Waals surface area contributed by atoms with Crippen LogP contribution in [0.5, 0.6) is 0 Å². The summed E-state index contributed by atoms with van der Waals surface area (Å²) >= 11 is 0. The van der Waals surface area contributed by atoms with Crippen molar-refractivity contribution in [3.8, 4) is 0 Å². The number of ether oxygens (including phenoxy) is 1. The summed E-state index contributed by atoms with van der Waals surface area (Å²) in [5, 5.41) is 23.0. The molecule has 3 unspecified atom stereocenters. The number of aliphatic hydroxyl groups is 2. The van der Waals surface area contributed by atoms with Gasteiger partial charge in [-0.25, -0.2) is 0 Å². The number of rotatable bonds is 5. The highest BCUT2D eigenvalue weighted by atomic mass is 16.5. The Morgan fingerprint density at radius 3 is 2.53 bits per heavy atom. The molecule has 5 nitrogen and oxygen atoms in total. The molecule has 110 valence electrons. The van der Waals surface area contributed by atoms with Gasteiger partial charge in [-0.05, 0) is 25.7 Å². The van der Waals surface area contributed by atoms with E-state index in [0.717, 1.165) is 32.7 Å². The SMILES string of the molecule is OC1CN(CC2(CNC3CC3)CCCOC2)CC1O. The largest absolute Gasteiger partial charge is 0.389 e. The molecule has 0 aromatic rings. The summed E-state index contributed by atoms with van der Waals surface area (Å²) in [6.45, 7) is 4.77. The molecule has 0 aromatic carbocycles. The van der Waals surface area contributed by atoms with Crippen molar-refractivity contribution in [1.82, 2.24) is 10.2 Å². The van der Waals surface area contributed by atoms with Crippen molar-refractivity contribution in [3.63, 3.8) is 0 Å². The van der Waals surface area contributed by atoms with Gasteiger partial charge in [0, 0.05) is 44.2 Å². The second kappa shape index (κ2) is 5.66. The van der Waals surface area contributed by atoms with E-state index in [1.54, 1.807) is 0 Å². The Kier molecular flexibility index (Phi) is 4.10. The maximum atomic E-state index is 9.67. The Bertz CT molecular complexity index is 293. The van der Waals surface area contributed by atoms with E-state index in [1.165, 1.54) is 19.3 Å². The lowest BCUT2D eigenvalue weighted by Gasteiger charge is -2.40. The Morgan fingerprint density at radius 1 is 1.21 bits per heavy atom. The zero-order valence-corrected chi connectivity index (χ0v) is 11.6. The first-order valence-corrected chi connectivity index (χ1v) is 7.57. The van der Waals surface area contributed by atoms with Crippen molar-refractivity contribution in [3.05, 3.63) is 0 Å². The van der Waals surface area contributed by atoms with Crippen LogP contribution >= 0.6 is 0 Å². The first-order valence-electron chi connectivity index (χ1n) is 7.57. The zero-order valence-electron chi connectivity index (χ0n) is 11.6. The third kappa shape index (κ3) is 3.47. The Hall–Kier alpha value is -0.200. The number of nitrogens with one attached hydrogen (secondary N) is 1. The van der Waals surface area contributed by atoms with Gasteiger partial charge in [-0.3, -0.25) is 4.90 Å². The molecule has 3 atom stereocenters. The van der Waals surface area contributed by atoms with E-state index in [-0.39, 0.29) is 5.41 Å². The fraction of sp³-hybridized carbons (Fsp3) is 1.00. The van der Waals surface area contributed by atoms with Gasteiger partial charge in [-0.15, -0.1) is 0 Å². The molecule has 0 amide bonds. The van der Waals surface area contributed by atoms with E-state index >= 15 is 0 Å². The van der Waals surface area contributed by atoms with Crippen LogP contribution in [0.3, 0.4) is 0 Å². The Balaban J connectivity index is 1.57. The summed E-state index contributed by atoms with van der Waals surface area (Å²) in [7, 11) is 0. The van der Waals surface area contributed by atoms with Crippen LogP contribution in [0.2, 0.25) is 0 Å². The van der Waals surface area contributed by atoms with E-state index in [4.69, 9.17) is 4.74 Å². The molecule has 3 fully saturated rings. The molecule has 3 aliphatic rings. The van der Waals surface area contributed by atoms with Crippen molar-refractivity contribution in [1.29, 1.82) is 0 Å². The van der Waals surface area contributed by atoms with Crippen LogP contribution in [0.4, 0.5) is 0 Å². The fourth-order valence-electron chi connectivity index (χ4n) is 3.33. The summed E-state index contributed by atoms with van der Waals surface area (Å²) in [5.41, 5.74) is 0.157. The molecule has 0 radical (unpaired) electrons. The number of hydrogen-bond donors (Lipinski definition) is 3. The van der Waals surface area contributed by atoms with Gasteiger partial charge in [-0.2, -0.15) is 0 Å². The molecule has 2 heterocycles. The maximum absolute atomic E-state index is 9.67. The summed E-state index contributed by atoms with van der Waals surface area (Å²) in [4.78, 5) is 2.19. The van der Waals surface area contributed by atoms with Crippen LogP contribution in [0.15, 0.2) is 0 Å². The number of β-amino-alcohol motifs (C(OH)–C–C–N with tert-alkyl or cyclic N) is 2. The third-order valence-corrected chi connectivity index (χ3v) is 4.64. The minimum absolute atomic E-state index is 0.157. The van der Waals surface area contributed by atoms with Gasteiger partial charge in [0.25, 0.3) is 0 Å². The van der Waals surface area contributed by atoms with Crippen LogP contribution in [-0.2, 0) is 4.74 Å². The summed E-state index contributed by atoms with van der Waals surface area (Å²) in [6.07, 6.45) is 3.73. The van der Waals surface area contributed by atoms with Crippen LogP contribution in [0, 0.1) is 5.41 Å². The Morgan fingerprint density at radius 2 is 1.95 bits per heavy atom. The van der Waals surface area contributed by atoms with E-state index < -0.39 is 12.2 Å². The Labute approximate surface area is 114 Å². The van der Waals surface area contributed by atoms with Gasteiger partial charge in [0.1, 0.15) is 0 Å². The first-order chi connectivity index (χ1) is 9.17. The topological polar surface area (TPSA) is 65.0 Å². The zero-order chi connectivity index (χ0) is 13.3. The van der Waals surface area contributed by atoms with Gasteiger partial charge in [0.2, 0.25) is 0 Å². The highest BCUT2D eigenvalue weighted by molar-refractivity contribution is 4.94. The van der Waals surface area contributed by atoms with Crippen LogP contribution in [0.1, 0.15) is 25.7 Å². The normalized spacial score (nSPS) is 40.7. The molecular weight excluding hydrogens is 244 g/mol. The predicted molar refractivity (Wildman–Crippen MR) is 72.0 cm³/mol. The van der Waals surface area contributed by atoms with Crippen molar-refractivity contribution < 1.29 is 14.9 Å². The van der Waals surface area contributed by atoms with Gasteiger partial charge < -0.3 is 20.3 Å². The lowest BCUT2D eigenvalue weighted by atomic mass is 9.81. The molecular formula is C14H26N2O3. The minimum atomic E-state index is -0.585. The van der Waals surface area contributed by atoms with Gasteiger partial charge in [-0.1, -0.05) is 0 Å². The van der Waals surface area contributed by atoms with E-state index in [9.17, 15) is 10.2 Å². The highest BCUT2D eigenvalue weighted by Crippen LogP contribution is 2.32. The average Bonchev–Trinajstić information content (AvgIpc) is 3.16. The number of hydrogen-bond acceptors (Lipinski definition) is 5. The second-order valence-corrected chi connectivity index (χ2v) is 6.64. The lowest BCUT2D eigenvalue weighted by molar-refractivity contribution is -0.0249. The highest BCUT2D eigenvalue weighted by Gasteiger charge is 2.39. The van der Waals surface area contributed by atoms with Crippen molar-refractivity contribution >= 4 is 0 Å². The van der Waals surface area contributed by atoms with Crippen molar-refractivity contribution in [2.45, 2.75) is 43.9 Å². The van der Waals surface area contributed by atoms with Crippen LogP contribution in [0.25, 0.3) is 0 Å². The molecule has 3 rings (SSSR count). The lowest BCUT2D eigenvalue weighted by Crippen LogP contribution is -2.49. The quantitative estimate of drug-likeness (QED) is 0.633. The summed E-state index contributed by atoms with van der Waals surface area (Å²) in [6, 6.07) is 0.716. The van der Waals surface area contributed by atoms with Gasteiger partial charge in [0.05, 0.1) is 18.8 Å². The molecule has 5 heteroatoms. The molecule has 0 aromatic heterocycles. The molecule has 0 spiro atoms. The van der Waals surface area contributed by atoms with Gasteiger partial charge in [0.15, 0.2) is 0 Å². The van der Waals surface area contributed by atoms with Crippen molar-refractivity contribution in [2.75, 3.05) is 39.4 Å². The summed E-state index contributed by atoms with van der Waals surface area (Å²) < 4.78 is 5.71. The molecule has 19 heavy (non-hydrogen) atoms. The molecule has 3 N–H and O–H groups in total. The first kappa shape index (κ1) is 13.8. The van der Waals surface area contributed by atoms with Crippen LogP contribution < -0.4 is 5.32 Å². The number of nitrogens with zero attached hydrogens (tertiary/aromatic N) is 1. The standard InChI is InChI=1S/C14H26N2O3/c17-12-6-16(7-13(12)18)9-14(4-1-5-19-10-14)8-15-11-2-3-11/h11-13,15,17-18H,1-10H2.